The summed E-state index contributed by atoms with van der Waals surface area (Å²) < 4.78 is 5.66. The van der Waals surface area contributed by atoms with Crippen LogP contribution < -0.4 is 4.74 Å². The van der Waals surface area contributed by atoms with Crippen molar-refractivity contribution in [1.82, 2.24) is 19.8 Å². The van der Waals surface area contributed by atoms with E-state index in [1.54, 1.807) is 11.2 Å². The maximum atomic E-state index is 12.4. The van der Waals surface area contributed by atoms with Gasteiger partial charge in [-0.15, -0.1) is 0 Å². The van der Waals surface area contributed by atoms with Gasteiger partial charge in [0.25, 0.3) is 0 Å². The molecule has 1 amide bonds. The minimum Gasteiger partial charge on any atom is -0.494 e. The van der Waals surface area contributed by atoms with Crippen LogP contribution in [0.2, 0.25) is 0 Å². The number of likely N-dealkylation sites (N-methyl/N-ethyl adjacent to an activating group) is 1. The summed E-state index contributed by atoms with van der Waals surface area (Å²) in [5.41, 5.74) is 2.23. The number of carbonyl (C=O) groups excluding carboxylic acids is 1. The Labute approximate surface area is 148 Å². The number of para-hydroxylation sites is 1. The van der Waals surface area contributed by atoms with Gasteiger partial charge in [-0.2, -0.15) is 0 Å². The highest BCUT2D eigenvalue weighted by atomic mass is 16.5. The standard InChI is InChI=1S/C19H24N4O2/c1-22(9-5-11-25-17-6-3-2-4-7-17)19(24)14-23-10-8-16-12-20-15-21-18(16)13-23/h2-4,6-7,12,15H,5,8-11,13-14H2,1H3. The van der Waals surface area contributed by atoms with E-state index in [2.05, 4.69) is 14.9 Å². The quantitative estimate of drug-likeness (QED) is 0.719. The van der Waals surface area contributed by atoms with E-state index in [0.717, 1.165) is 30.8 Å². The number of aromatic nitrogens is 2. The SMILES string of the molecule is CN(CCCOc1ccccc1)C(=O)CN1CCc2cncnc2C1. The first-order chi connectivity index (χ1) is 12.2. The second kappa shape index (κ2) is 8.58. The molecule has 0 saturated heterocycles. The zero-order chi connectivity index (χ0) is 17.5. The van der Waals surface area contributed by atoms with Gasteiger partial charge in [0.1, 0.15) is 12.1 Å². The summed E-state index contributed by atoms with van der Waals surface area (Å²) in [6, 6.07) is 9.74. The van der Waals surface area contributed by atoms with Gasteiger partial charge in [-0.05, 0) is 30.5 Å². The van der Waals surface area contributed by atoms with Crippen molar-refractivity contribution in [1.29, 1.82) is 0 Å². The van der Waals surface area contributed by atoms with Crippen molar-refractivity contribution in [3.8, 4) is 5.75 Å². The molecule has 25 heavy (non-hydrogen) atoms. The summed E-state index contributed by atoms with van der Waals surface area (Å²) in [5, 5.41) is 0. The van der Waals surface area contributed by atoms with Crippen LogP contribution in [0, 0.1) is 0 Å². The van der Waals surface area contributed by atoms with E-state index in [4.69, 9.17) is 4.74 Å². The molecule has 1 aromatic heterocycles. The number of nitrogens with zero attached hydrogens (tertiary/aromatic N) is 4. The molecule has 1 aliphatic rings. The average Bonchev–Trinajstić information content (AvgIpc) is 2.65. The van der Waals surface area contributed by atoms with E-state index >= 15 is 0 Å². The van der Waals surface area contributed by atoms with Crippen molar-refractivity contribution in [2.24, 2.45) is 0 Å². The zero-order valence-corrected chi connectivity index (χ0v) is 14.6. The maximum Gasteiger partial charge on any atom is 0.236 e. The predicted octanol–water partition coefficient (Wildman–Crippen LogP) is 1.76. The number of benzene rings is 1. The minimum atomic E-state index is 0.136. The lowest BCUT2D eigenvalue weighted by atomic mass is 10.1. The zero-order valence-electron chi connectivity index (χ0n) is 14.6. The third-order valence-electron chi connectivity index (χ3n) is 4.39. The number of amides is 1. The van der Waals surface area contributed by atoms with Crippen LogP contribution in [0.15, 0.2) is 42.9 Å². The molecule has 0 unspecified atom stereocenters. The number of hydrogen-bond acceptors (Lipinski definition) is 5. The van der Waals surface area contributed by atoms with Crippen LogP contribution >= 0.6 is 0 Å². The highest BCUT2D eigenvalue weighted by Crippen LogP contribution is 2.15. The highest BCUT2D eigenvalue weighted by molar-refractivity contribution is 5.78. The molecule has 1 aromatic carbocycles. The fourth-order valence-electron chi connectivity index (χ4n) is 2.88. The Bertz CT molecular complexity index is 693. The number of fused-ring (bicyclic) bond motifs is 1. The molecule has 2 heterocycles. The van der Waals surface area contributed by atoms with Crippen molar-refractivity contribution >= 4 is 5.91 Å². The number of ether oxygens (including phenoxy) is 1. The molecule has 0 radical (unpaired) electrons. The van der Waals surface area contributed by atoms with Crippen LogP contribution in [0.3, 0.4) is 0 Å². The topological polar surface area (TPSA) is 58.6 Å². The Hall–Kier alpha value is -2.47. The number of rotatable bonds is 7. The van der Waals surface area contributed by atoms with Crippen LogP contribution in [0.5, 0.6) is 5.75 Å². The maximum absolute atomic E-state index is 12.4. The summed E-state index contributed by atoms with van der Waals surface area (Å²) in [6.07, 6.45) is 5.16. The summed E-state index contributed by atoms with van der Waals surface area (Å²) in [6.45, 7) is 3.32. The van der Waals surface area contributed by atoms with Gasteiger partial charge >= 0.3 is 0 Å². The van der Waals surface area contributed by atoms with Gasteiger partial charge in [-0.1, -0.05) is 18.2 Å². The summed E-state index contributed by atoms with van der Waals surface area (Å²) in [7, 11) is 1.85. The molecule has 2 aromatic rings. The van der Waals surface area contributed by atoms with E-state index < -0.39 is 0 Å². The number of carbonyl (C=O) groups is 1. The van der Waals surface area contributed by atoms with Gasteiger partial charge in [0.05, 0.1) is 18.8 Å². The molecule has 0 bridgehead atoms. The average molecular weight is 340 g/mol. The van der Waals surface area contributed by atoms with Crippen molar-refractivity contribution in [2.75, 3.05) is 33.3 Å². The fourth-order valence-corrected chi connectivity index (χ4v) is 2.88. The largest absolute Gasteiger partial charge is 0.494 e. The van der Waals surface area contributed by atoms with Gasteiger partial charge in [-0.3, -0.25) is 9.69 Å². The van der Waals surface area contributed by atoms with Crippen molar-refractivity contribution in [2.45, 2.75) is 19.4 Å². The van der Waals surface area contributed by atoms with Gasteiger partial charge in [0, 0.05) is 32.9 Å². The molecular formula is C19H24N4O2. The monoisotopic (exact) mass is 340 g/mol. The van der Waals surface area contributed by atoms with Crippen molar-refractivity contribution in [3.05, 3.63) is 54.1 Å². The third-order valence-corrected chi connectivity index (χ3v) is 4.39. The smallest absolute Gasteiger partial charge is 0.236 e. The Balaban J connectivity index is 1.38. The molecule has 0 fully saturated rings. The van der Waals surface area contributed by atoms with Crippen LogP contribution in [0.4, 0.5) is 0 Å². The predicted molar refractivity (Wildman–Crippen MR) is 95.2 cm³/mol. The van der Waals surface area contributed by atoms with Crippen LogP contribution in [0.25, 0.3) is 0 Å². The lowest BCUT2D eigenvalue weighted by Gasteiger charge is -2.28. The molecule has 0 N–H and O–H groups in total. The van der Waals surface area contributed by atoms with E-state index in [0.29, 0.717) is 26.2 Å². The summed E-state index contributed by atoms with van der Waals surface area (Å²) >= 11 is 0. The van der Waals surface area contributed by atoms with Crippen LogP contribution in [-0.2, 0) is 17.8 Å². The molecule has 0 atom stereocenters. The fraction of sp³-hybridized carbons (Fsp3) is 0.421. The normalized spacial score (nSPS) is 14.0. The Morgan fingerprint density at radius 1 is 1.32 bits per heavy atom. The number of hydrogen-bond donors (Lipinski definition) is 0. The second-order valence-corrected chi connectivity index (χ2v) is 6.29. The van der Waals surface area contributed by atoms with Crippen molar-refractivity contribution < 1.29 is 9.53 Å². The van der Waals surface area contributed by atoms with Gasteiger partial charge < -0.3 is 9.64 Å². The first-order valence-electron chi connectivity index (χ1n) is 8.64. The molecule has 6 nitrogen and oxygen atoms in total. The molecular weight excluding hydrogens is 316 g/mol. The Morgan fingerprint density at radius 3 is 3.00 bits per heavy atom. The highest BCUT2D eigenvalue weighted by Gasteiger charge is 2.20. The molecule has 0 saturated carbocycles. The Kier molecular flexibility index (Phi) is 5.95. The molecule has 6 heteroatoms. The lowest BCUT2D eigenvalue weighted by molar-refractivity contribution is -0.131. The summed E-state index contributed by atoms with van der Waals surface area (Å²) in [5.74, 6) is 1.00. The van der Waals surface area contributed by atoms with E-state index in [1.165, 1.54) is 5.56 Å². The first-order valence-corrected chi connectivity index (χ1v) is 8.64. The van der Waals surface area contributed by atoms with Crippen LogP contribution in [-0.4, -0.2) is 59.0 Å². The first kappa shape index (κ1) is 17.4. The lowest BCUT2D eigenvalue weighted by Crippen LogP contribution is -2.41. The molecule has 0 spiro atoms. The molecule has 1 aliphatic heterocycles. The van der Waals surface area contributed by atoms with E-state index in [9.17, 15) is 4.79 Å². The van der Waals surface area contributed by atoms with Gasteiger partial charge in [0.15, 0.2) is 0 Å². The molecule has 132 valence electrons. The van der Waals surface area contributed by atoms with Crippen LogP contribution in [0.1, 0.15) is 17.7 Å². The minimum absolute atomic E-state index is 0.136. The Morgan fingerprint density at radius 2 is 2.16 bits per heavy atom. The van der Waals surface area contributed by atoms with E-state index in [-0.39, 0.29) is 5.91 Å². The van der Waals surface area contributed by atoms with E-state index in [1.807, 2.05) is 43.6 Å². The summed E-state index contributed by atoms with van der Waals surface area (Å²) in [4.78, 5) is 24.7. The van der Waals surface area contributed by atoms with Gasteiger partial charge in [-0.25, -0.2) is 9.97 Å². The third kappa shape index (κ3) is 5.00. The molecule has 0 aliphatic carbocycles. The molecule has 3 rings (SSSR count). The second-order valence-electron chi connectivity index (χ2n) is 6.29. The van der Waals surface area contributed by atoms with Gasteiger partial charge in [0.2, 0.25) is 5.91 Å². The van der Waals surface area contributed by atoms with Crippen molar-refractivity contribution in [3.63, 3.8) is 0 Å².